The van der Waals surface area contributed by atoms with Crippen molar-refractivity contribution < 1.29 is 18.7 Å². The van der Waals surface area contributed by atoms with Crippen molar-refractivity contribution in [3.63, 3.8) is 0 Å². The van der Waals surface area contributed by atoms with Crippen molar-refractivity contribution in [3.05, 3.63) is 71.7 Å². The maximum atomic E-state index is 14.6. The van der Waals surface area contributed by atoms with Gasteiger partial charge in [0.05, 0.1) is 29.6 Å². The van der Waals surface area contributed by atoms with Crippen molar-refractivity contribution in [1.29, 1.82) is 0 Å². The quantitative estimate of drug-likeness (QED) is 0.441. The van der Waals surface area contributed by atoms with E-state index in [1.807, 2.05) is 51.1 Å². The Labute approximate surface area is 205 Å². The highest BCUT2D eigenvalue weighted by atomic mass is 19.1. The molecule has 1 fully saturated rings. The summed E-state index contributed by atoms with van der Waals surface area (Å²) in [4.78, 5) is 14.9. The van der Waals surface area contributed by atoms with Crippen molar-refractivity contribution in [3.8, 4) is 17.3 Å². The zero-order valence-electron chi connectivity index (χ0n) is 20.5. The third-order valence-corrected chi connectivity index (χ3v) is 5.89. The molecule has 1 aliphatic rings. The molecule has 1 unspecified atom stereocenters. The number of amides is 2. The van der Waals surface area contributed by atoms with Crippen LogP contribution >= 0.6 is 0 Å². The molecule has 4 rings (SSSR count). The summed E-state index contributed by atoms with van der Waals surface area (Å²) in [6.07, 6.45) is 2.51. The standard InChI is InChI=1S/C27H33FN4O3/c1-4-24-22(18-31(27(33)29-19(2)3)17-21-13-10-16-34-21)26(35-25-15-9-8-14-23(25)28)32(30-24)20-11-6-5-7-12-20/h5-9,11-12,14-15,19,21H,4,10,13,16-18H2,1-3H3,(H,29,33). The van der Waals surface area contributed by atoms with Crippen molar-refractivity contribution >= 4 is 6.03 Å². The van der Waals surface area contributed by atoms with Crippen molar-refractivity contribution in [2.24, 2.45) is 0 Å². The van der Waals surface area contributed by atoms with E-state index >= 15 is 0 Å². The Morgan fingerprint density at radius 2 is 1.97 bits per heavy atom. The molecule has 2 aromatic carbocycles. The van der Waals surface area contributed by atoms with Gasteiger partial charge in [-0.1, -0.05) is 37.3 Å². The lowest BCUT2D eigenvalue weighted by Gasteiger charge is -2.27. The number of hydrogen-bond acceptors (Lipinski definition) is 4. The Balaban J connectivity index is 1.76. The van der Waals surface area contributed by atoms with Crippen molar-refractivity contribution in [1.82, 2.24) is 20.0 Å². The number of ether oxygens (including phenoxy) is 2. The van der Waals surface area contributed by atoms with Gasteiger partial charge < -0.3 is 19.7 Å². The van der Waals surface area contributed by atoms with E-state index in [4.69, 9.17) is 14.6 Å². The van der Waals surface area contributed by atoms with E-state index in [1.54, 1.807) is 27.8 Å². The van der Waals surface area contributed by atoms with Gasteiger partial charge in [-0.25, -0.2) is 13.9 Å². The third kappa shape index (κ3) is 6.00. The van der Waals surface area contributed by atoms with E-state index in [-0.39, 0.29) is 30.5 Å². The zero-order chi connectivity index (χ0) is 24.8. The first-order chi connectivity index (χ1) is 17.0. The summed E-state index contributed by atoms with van der Waals surface area (Å²) in [7, 11) is 0. The molecule has 186 valence electrons. The Bertz CT molecular complexity index is 1130. The number of carbonyl (C=O) groups excluding carboxylic acids is 1. The van der Waals surface area contributed by atoms with Gasteiger partial charge in [0, 0.05) is 19.2 Å². The molecule has 0 aliphatic carbocycles. The fourth-order valence-corrected chi connectivity index (χ4v) is 4.18. The van der Waals surface area contributed by atoms with Gasteiger partial charge in [0.15, 0.2) is 11.6 Å². The fraction of sp³-hybridized carbons (Fsp3) is 0.407. The lowest BCUT2D eigenvalue weighted by atomic mass is 10.1. The second-order valence-electron chi connectivity index (χ2n) is 8.98. The average Bonchev–Trinajstić information content (AvgIpc) is 3.48. The highest BCUT2D eigenvalue weighted by Crippen LogP contribution is 2.33. The molecular formula is C27H33FN4O3. The molecule has 8 heteroatoms. The lowest BCUT2D eigenvalue weighted by Crippen LogP contribution is -2.45. The molecule has 1 aromatic heterocycles. The Morgan fingerprint density at radius 1 is 1.23 bits per heavy atom. The second-order valence-corrected chi connectivity index (χ2v) is 8.98. The summed E-state index contributed by atoms with van der Waals surface area (Å²) in [6.45, 7) is 7.29. The van der Waals surface area contributed by atoms with Crippen LogP contribution in [0, 0.1) is 5.82 Å². The van der Waals surface area contributed by atoms with Crippen LogP contribution in [-0.4, -0.2) is 46.0 Å². The third-order valence-electron chi connectivity index (χ3n) is 5.89. The summed E-state index contributed by atoms with van der Waals surface area (Å²) in [6, 6.07) is 15.7. The summed E-state index contributed by atoms with van der Waals surface area (Å²) < 4.78 is 28.3. The number of nitrogens with one attached hydrogen (secondary N) is 1. The lowest BCUT2D eigenvalue weighted by molar-refractivity contribution is 0.0788. The average molecular weight is 481 g/mol. The van der Waals surface area contributed by atoms with Crippen molar-refractivity contribution in [2.75, 3.05) is 13.2 Å². The van der Waals surface area contributed by atoms with Crippen LogP contribution in [0.1, 0.15) is 44.9 Å². The maximum Gasteiger partial charge on any atom is 0.317 e. The van der Waals surface area contributed by atoms with Crippen LogP contribution in [0.3, 0.4) is 0 Å². The Hall–Kier alpha value is -3.39. The van der Waals surface area contributed by atoms with Gasteiger partial charge in [-0.2, -0.15) is 5.10 Å². The molecule has 3 aromatic rings. The number of benzene rings is 2. The number of halogens is 1. The molecule has 1 N–H and O–H groups in total. The molecule has 2 heterocycles. The van der Waals surface area contributed by atoms with E-state index in [9.17, 15) is 9.18 Å². The molecule has 35 heavy (non-hydrogen) atoms. The number of urea groups is 1. The van der Waals surface area contributed by atoms with Crippen molar-refractivity contribution in [2.45, 2.75) is 58.7 Å². The van der Waals surface area contributed by atoms with Gasteiger partial charge in [0.1, 0.15) is 0 Å². The molecule has 1 atom stereocenters. The summed E-state index contributed by atoms with van der Waals surface area (Å²) in [5.41, 5.74) is 2.32. The minimum atomic E-state index is -0.467. The minimum absolute atomic E-state index is 0.0127. The number of para-hydroxylation sites is 2. The van der Waals surface area contributed by atoms with E-state index in [1.165, 1.54) is 6.07 Å². The zero-order valence-corrected chi connectivity index (χ0v) is 20.5. The molecule has 7 nitrogen and oxygen atoms in total. The Morgan fingerprint density at radius 3 is 2.63 bits per heavy atom. The highest BCUT2D eigenvalue weighted by molar-refractivity contribution is 5.74. The Kier molecular flexibility index (Phi) is 8.02. The van der Waals surface area contributed by atoms with Gasteiger partial charge in [0.25, 0.3) is 0 Å². The van der Waals surface area contributed by atoms with Gasteiger partial charge in [-0.15, -0.1) is 0 Å². The number of aromatic nitrogens is 2. The molecule has 1 saturated heterocycles. The van der Waals surface area contributed by atoms with Crippen LogP contribution in [0.2, 0.25) is 0 Å². The number of aryl methyl sites for hydroxylation is 1. The fourth-order valence-electron chi connectivity index (χ4n) is 4.18. The van der Waals surface area contributed by atoms with E-state index < -0.39 is 5.82 Å². The van der Waals surface area contributed by atoms with Gasteiger partial charge in [0.2, 0.25) is 5.88 Å². The molecular weight excluding hydrogens is 447 g/mol. The normalized spacial score (nSPS) is 15.4. The molecule has 0 radical (unpaired) electrons. The van der Waals surface area contributed by atoms with E-state index in [0.717, 1.165) is 29.8 Å². The van der Waals surface area contributed by atoms with Crippen LogP contribution in [0.5, 0.6) is 11.6 Å². The van der Waals surface area contributed by atoms with Crippen LogP contribution in [0.25, 0.3) is 5.69 Å². The van der Waals surface area contributed by atoms with Gasteiger partial charge in [-0.3, -0.25) is 0 Å². The maximum absolute atomic E-state index is 14.6. The first kappa shape index (κ1) is 24.7. The minimum Gasteiger partial charge on any atom is -0.435 e. The summed E-state index contributed by atoms with van der Waals surface area (Å²) >= 11 is 0. The highest BCUT2D eigenvalue weighted by Gasteiger charge is 2.28. The van der Waals surface area contributed by atoms with E-state index in [0.29, 0.717) is 25.5 Å². The topological polar surface area (TPSA) is 68.6 Å². The van der Waals surface area contributed by atoms with E-state index in [2.05, 4.69) is 5.32 Å². The van der Waals surface area contributed by atoms with Crippen LogP contribution in [0.4, 0.5) is 9.18 Å². The number of nitrogens with zero attached hydrogens (tertiary/aromatic N) is 3. The largest absolute Gasteiger partial charge is 0.435 e. The smallest absolute Gasteiger partial charge is 0.317 e. The SMILES string of the molecule is CCc1nn(-c2ccccc2)c(Oc2ccccc2F)c1CN(CC1CCCO1)C(=O)NC(C)C. The first-order valence-electron chi connectivity index (χ1n) is 12.2. The summed E-state index contributed by atoms with van der Waals surface area (Å²) in [5, 5.41) is 7.80. The molecule has 2 amide bonds. The number of carbonyl (C=O) groups is 1. The predicted molar refractivity (Wildman–Crippen MR) is 132 cm³/mol. The number of rotatable bonds is 9. The summed E-state index contributed by atoms with van der Waals surface area (Å²) in [5.74, 6) is 0.0321. The predicted octanol–water partition coefficient (Wildman–Crippen LogP) is 5.47. The number of hydrogen-bond donors (Lipinski definition) is 1. The molecule has 0 saturated carbocycles. The first-order valence-corrected chi connectivity index (χ1v) is 12.2. The van der Waals surface area contributed by atoms with Crippen LogP contribution < -0.4 is 10.1 Å². The molecule has 0 spiro atoms. The van der Waals surface area contributed by atoms with Gasteiger partial charge >= 0.3 is 6.03 Å². The monoisotopic (exact) mass is 480 g/mol. The molecule has 0 bridgehead atoms. The van der Waals surface area contributed by atoms with Crippen LogP contribution in [0.15, 0.2) is 54.6 Å². The van der Waals surface area contributed by atoms with Crippen LogP contribution in [-0.2, 0) is 17.7 Å². The molecule has 1 aliphatic heterocycles. The van der Waals surface area contributed by atoms with Gasteiger partial charge in [-0.05, 0) is 57.4 Å². The second kappa shape index (κ2) is 11.4.